The molecule has 2 N–H and O–H groups in total. The van der Waals surface area contributed by atoms with Gasteiger partial charge in [0, 0.05) is 18.3 Å². The van der Waals surface area contributed by atoms with E-state index in [1.54, 1.807) is 43.4 Å². The van der Waals surface area contributed by atoms with Gasteiger partial charge < -0.3 is 10.4 Å². The van der Waals surface area contributed by atoms with Gasteiger partial charge in [-0.1, -0.05) is 24.3 Å². The molecule has 136 valence electrons. The van der Waals surface area contributed by atoms with Crippen LogP contribution in [0.15, 0.2) is 65.7 Å². The Balaban J connectivity index is 2.21. The average molecular weight is 374 g/mol. The number of hydrogen-bond acceptors (Lipinski definition) is 4. The van der Waals surface area contributed by atoms with Gasteiger partial charge in [0.1, 0.15) is 5.82 Å². The molecule has 26 heavy (non-hydrogen) atoms. The molecule has 1 aromatic heterocycles. The van der Waals surface area contributed by atoms with Crippen molar-refractivity contribution in [1.82, 2.24) is 9.29 Å². The number of aliphatic hydroxyl groups is 1. The number of hydrogen-bond donors (Lipinski definition) is 2. The molecule has 7 heteroatoms. The lowest BCUT2D eigenvalue weighted by molar-refractivity contribution is 0.281. The van der Waals surface area contributed by atoms with Crippen LogP contribution in [0, 0.1) is 5.82 Å². The van der Waals surface area contributed by atoms with Gasteiger partial charge in [-0.2, -0.15) is 0 Å². The third-order valence-corrected chi connectivity index (χ3v) is 5.68. The highest BCUT2D eigenvalue weighted by molar-refractivity contribution is 7.90. The van der Waals surface area contributed by atoms with E-state index in [1.165, 1.54) is 24.4 Å². The molecule has 0 saturated heterocycles. The Kier molecular flexibility index (Phi) is 5.22. The van der Waals surface area contributed by atoms with Crippen molar-refractivity contribution in [3.8, 4) is 11.3 Å². The Morgan fingerprint density at radius 1 is 1.08 bits per heavy atom. The predicted molar refractivity (Wildman–Crippen MR) is 97.5 cm³/mol. The van der Waals surface area contributed by atoms with Crippen LogP contribution in [0.25, 0.3) is 11.3 Å². The summed E-state index contributed by atoms with van der Waals surface area (Å²) in [4.78, 5) is 0.0354. The number of rotatable bonds is 6. The molecule has 0 atom stereocenters. The fraction of sp³-hybridized carbons (Fsp3) is 0.158. The zero-order chi connectivity index (χ0) is 18.7. The van der Waals surface area contributed by atoms with Crippen LogP contribution < -0.4 is 5.32 Å². The first-order valence-corrected chi connectivity index (χ1v) is 9.47. The normalized spacial score (nSPS) is 11.7. The van der Waals surface area contributed by atoms with Gasteiger partial charge in [0.2, 0.25) is 0 Å². The lowest BCUT2D eigenvalue weighted by Crippen LogP contribution is -2.14. The summed E-state index contributed by atoms with van der Waals surface area (Å²) >= 11 is 0. The van der Waals surface area contributed by atoms with Crippen LogP contribution >= 0.6 is 0 Å². The molecule has 3 rings (SSSR count). The summed E-state index contributed by atoms with van der Waals surface area (Å²) in [5.41, 5.74) is 1.66. The monoisotopic (exact) mass is 374 g/mol. The van der Waals surface area contributed by atoms with Crippen molar-refractivity contribution in [2.45, 2.75) is 18.0 Å². The topological polar surface area (TPSA) is 71.3 Å². The summed E-state index contributed by atoms with van der Waals surface area (Å²) in [7, 11) is -2.20. The first-order valence-electron chi connectivity index (χ1n) is 8.03. The van der Waals surface area contributed by atoms with E-state index in [0.29, 0.717) is 17.7 Å². The molecule has 0 aliphatic heterocycles. The Hall–Kier alpha value is -2.48. The minimum absolute atomic E-state index is 0.0354. The number of nitrogens with one attached hydrogen (secondary N) is 1. The van der Waals surface area contributed by atoms with Gasteiger partial charge in [-0.15, -0.1) is 0 Å². The summed E-state index contributed by atoms with van der Waals surface area (Å²) in [6, 6.07) is 13.8. The minimum atomic E-state index is -3.95. The van der Waals surface area contributed by atoms with Crippen LogP contribution in [0.1, 0.15) is 11.1 Å². The third-order valence-electron chi connectivity index (χ3n) is 4.01. The molecule has 0 saturated carbocycles. The van der Waals surface area contributed by atoms with E-state index in [1.807, 2.05) is 0 Å². The predicted octanol–water partition coefficient (Wildman–Crippen LogP) is 2.74. The van der Waals surface area contributed by atoms with E-state index in [-0.39, 0.29) is 22.8 Å². The van der Waals surface area contributed by atoms with Crippen LogP contribution in [0.5, 0.6) is 0 Å². The summed E-state index contributed by atoms with van der Waals surface area (Å²) in [5, 5.41) is 12.2. The van der Waals surface area contributed by atoms with Gasteiger partial charge in [0.15, 0.2) is 0 Å². The van der Waals surface area contributed by atoms with Crippen molar-refractivity contribution in [3.63, 3.8) is 0 Å². The van der Waals surface area contributed by atoms with Crippen molar-refractivity contribution in [1.29, 1.82) is 0 Å². The smallest absolute Gasteiger partial charge is 0.268 e. The van der Waals surface area contributed by atoms with Crippen molar-refractivity contribution >= 4 is 10.0 Å². The summed E-state index contributed by atoms with van der Waals surface area (Å²) in [5.74, 6) is -0.498. The van der Waals surface area contributed by atoms with Crippen molar-refractivity contribution < 1.29 is 17.9 Å². The highest BCUT2D eigenvalue weighted by atomic mass is 32.2. The Morgan fingerprint density at radius 3 is 2.54 bits per heavy atom. The van der Waals surface area contributed by atoms with Crippen LogP contribution in [0.3, 0.4) is 0 Å². The fourth-order valence-corrected chi connectivity index (χ4v) is 4.24. The maximum atomic E-state index is 14.3. The van der Waals surface area contributed by atoms with E-state index >= 15 is 0 Å². The van der Waals surface area contributed by atoms with E-state index in [4.69, 9.17) is 0 Å². The summed E-state index contributed by atoms with van der Waals surface area (Å²) < 4.78 is 41.7. The maximum absolute atomic E-state index is 14.3. The van der Waals surface area contributed by atoms with Crippen LogP contribution in [0.2, 0.25) is 0 Å². The summed E-state index contributed by atoms with van der Waals surface area (Å²) in [6.07, 6.45) is 1.49. The van der Waals surface area contributed by atoms with Crippen molar-refractivity contribution in [2.75, 3.05) is 7.05 Å². The molecule has 1 heterocycles. The second-order valence-corrected chi connectivity index (χ2v) is 7.67. The molecule has 0 aliphatic rings. The van der Waals surface area contributed by atoms with Gasteiger partial charge in [-0.05, 0) is 48.5 Å². The first kappa shape index (κ1) is 18.3. The average Bonchev–Trinajstić information content (AvgIpc) is 3.07. The van der Waals surface area contributed by atoms with E-state index < -0.39 is 15.8 Å². The number of halogens is 1. The number of aliphatic hydroxyl groups excluding tert-OH is 1. The van der Waals surface area contributed by atoms with E-state index in [2.05, 4.69) is 5.32 Å². The molecule has 5 nitrogen and oxygen atoms in total. The molecule has 3 aromatic rings. The fourth-order valence-electron chi connectivity index (χ4n) is 2.78. The van der Waals surface area contributed by atoms with Crippen LogP contribution in [-0.4, -0.2) is 24.5 Å². The Labute approximate surface area is 151 Å². The first-order chi connectivity index (χ1) is 12.5. The molecule has 0 amide bonds. The SMILES string of the molecule is CNCc1cc(-c2ccccc2F)n(S(=O)(=O)c2cccc(CO)c2)c1. The number of benzene rings is 2. The zero-order valence-electron chi connectivity index (χ0n) is 14.2. The second kappa shape index (κ2) is 7.41. The van der Waals surface area contributed by atoms with Crippen LogP contribution in [-0.2, 0) is 23.2 Å². The molecule has 0 unspecified atom stereocenters. The Bertz CT molecular complexity index is 1030. The standard InChI is InChI=1S/C19H19FN2O3S/c1-21-11-15-10-19(17-7-2-3-8-18(17)20)22(12-15)26(24,25)16-6-4-5-14(9-16)13-23/h2-10,12,21,23H,11,13H2,1H3. The molecule has 0 bridgehead atoms. The maximum Gasteiger partial charge on any atom is 0.268 e. The van der Waals surface area contributed by atoms with Gasteiger partial charge in [0.25, 0.3) is 10.0 Å². The van der Waals surface area contributed by atoms with E-state index in [9.17, 15) is 17.9 Å². The molecular formula is C19H19FN2O3S. The molecule has 0 spiro atoms. The minimum Gasteiger partial charge on any atom is -0.392 e. The third kappa shape index (κ3) is 3.41. The zero-order valence-corrected chi connectivity index (χ0v) is 15.0. The van der Waals surface area contributed by atoms with Gasteiger partial charge >= 0.3 is 0 Å². The van der Waals surface area contributed by atoms with Gasteiger partial charge in [0.05, 0.1) is 17.2 Å². The highest BCUT2D eigenvalue weighted by Crippen LogP contribution is 2.29. The van der Waals surface area contributed by atoms with Gasteiger partial charge in [-0.25, -0.2) is 16.8 Å². The lowest BCUT2D eigenvalue weighted by atomic mass is 10.1. The largest absolute Gasteiger partial charge is 0.392 e. The Morgan fingerprint density at radius 2 is 1.85 bits per heavy atom. The van der Waals surface area contributed by atoms with E-state index in [0.717, 1.165) is 3.97 Å². The van der Waals surface area contributed by atoms with Crippen molar-refractivity contribution in [2.24, 2.45) is 0 Å². The molecule has 0 aliphatic carbocycles. The number of nitrogens with zero attached hydrogens (tertiary/aromatic N) is 1. The lowest BCUT2D eigenvalue weighted by Gasteiger charge is -2.12. The highest BCUT2D eigenvalue weighted by Gasteiger charge is 2.23. The molecular weight excluding hydrogens is 355 g/mol. The molecule has 2 aromatic carbocycles. The summed E-state index contributed by atoms with van der Waals surface area (Å²) in [6.45, 7) is 0.181. The van der Waals surface area contributed by atoms with Crippen molar-refractivity contribution in [3.05, 3.63) is 77.7 Å². The van der Waals surface area contributed by atoms with Crippen LogP contribution in [0.4, 0.5) is 4.39 Å². The van der Waals surface area contributed by atoms with Gasteiger partial charge in [-0.3, -0.25) is 0 Å². The second-order valence-electron chi connectivity index (χ2n) is 5.85. The quantitative estimate of drug-likeness (QED) is 0.696. The molecule has 0 radical (unpaired) electrons. The number of aromatic nitrogens is 1. The molecule has 0 fully saturated rings.